The summed E-state index contributed by atoms with van der Waals surface area (Å²) in [7, 11) is 3.66. The number of rotatable bonds is 4. The van der Waals surface area contributed by atoms with Gasteiger partial charge in [0.1, 0.15) is 5.75 Å². The number of benzene rings is 1. The Morgan fingerprint density at radius 3 is 2.69 bits per heavy atom. The molecular weight excluding hydrogens is 202 g/mol. The maximum atomic E-state index is 5.15. The molecule has 16 heavy (non-hydrogen) atoms. The molecule has 1 fully saturated rings. The van der Waals surface area contributed by atoms with Crippen LogP contribution in [0.25, 0.3) is 0 Å². The minimum absolute atomic E-state index is 0.393. The van der Waals surface area contributed by atoms with Crippen molar-refractivity contribution in [2.24, 2.45) is 0 Å². The molecule has 0 spiro atoms. The maximum Gasteiger partial charge on any atom is 0.118 e. The van der Waals surface area contributed by atoms with E-state index < -0.39 is 0 Å². The molecule has 0 bridgehead atoms. The molecular formula is C12H19N3O. The van der Waals surface area contributed by atoms with Gasteiger partial charge in [-0.15, -0.1) is 0 Å². The number of hydrogen-bond donors (Lipinski definition) is 3. The highest BCUT2D eigenvalue weighted by molar-refractivity contribution is 5.29. The van der Waals surface area contributed by atoms with Gasteiger partial charge in [-0.1, -0.05) is 12.1 Å². The van der Waals surface area contributed by atoms with Gasteiger partial charge in [0.2, 0.25) is 0 Å². The van der Waals surface area contributed by atoms with Gasteiger partial charge in [0.15, 0.2) is 0 Å². The van der Waals surface area contributed by atoms with Gasteiger partial charge in [0, 0.05) is 18.6 Å². The zero-order valence-corrected chi connectivity index (χ0v) is 9.79. The summed E-state index contributed by atoms with van der Waals surface area (Å²) in [6.07, 6.45) is 1.10. The molecule has 2 atom stereocenters. The standard InChI is InChI=1S/C12H19N3O/c1-13-8-10-7-12(15-14-10)9-3-5-11(16-2)6-4-9/h3-6,10,12-15H,7-8H2,1-2H3. The zero-order valence-electron chi connectivity index (χ0n) is 9.79. The van der Waals surface area contributed by atoms with Crippen LogP contribution in [0.3, 0.4) is 0 Å². The highest BCUT2D eigenvalue weighted by Gasteiger charge is 2.23. The third kappa shape index (κ3) is 2.52. The summed E-state index contributed by atoms with van der Waals surface area (Å²) < 4.78 is 5.15. The normalized spacial score (nSPS) is 24.6. The van der Waals surface area contributed by atoms with Crippen LogP contribution in [0.2, 0.25) is 0 Å². The molecule has 88 valence electrons. The van der Waals surface area contributed by atoms with Crippen LogP contribution in [0.15, 0.2) is 24.3 Å². The Morgan fingerprint density at radius 1 is 1.31 bits per heavy atom. The van der Waals surface area contributed by atoms with Crippen LogP contribution in [0.4, 0.5) is 0 Å². The van der Waals surface area contributed by atoms with Gasteiger partial charge in [-0.05, 0) is 31.2 Å². The van der Waals surface area contributed by atoms with Crippen molar-refractivity contribution < 1.29 is 4.74 Å². The lowest BCUT2D eigenvalue weighted by Crippen LogP contribution is -2.36. The molecule has 0 saturated carbocycles. The fourth-order valence-corrected chi connectivity index (χ4v) is 2.06. The first-order valence-corrected chi connectivity index (χ1v) is 5.63. The smallest absolute Gasteiger partial charge is 0.118 e. The molecule has 0 aliphatic carbocycles. The topological polar surface area (TPSA) is 45.3 Å². The molecule has 1 aliphatic rings. The van der Waals surface area contributed by atoms with Crippen molar-refractivity contribution in [2.75, 3.05) is 20.7 Å². The Balaban J connectivity index is 1.97. The van der Waals surface area contributed by atoms with E-state index in [0.717, 1.165) is 18.7 Å². The van der Waals surface area contributed by atoms with Crippen molar-refractivity contribution >= 4 is 0 Å². The summed E-state index contributed by atoms with van der Waals surface area (Å²) >= 11 is 0. The Hall–Kier alpha value is -1.10. The summed E-state index contributed by atoms with van der Waals surface area (Å²) in [5, 5.41) is 3.18. The third-order valence-corrected chi connectivity index (χ3v) is 2.95. The Bertz CT molecular complexity index is 326. The number of hydrazine groups is 1. The Labute approximate surface area is 96.3 Å². The monoisotopic (exact) mass is 221 g/mol. The van der Waals surface area contributed by atoms with E-state index >= 15 is 0 Å². The number of likely N-dealkylation sites (N-methyl/N-ethyl adjacent to an activating group) is 1. The lowest BCUT2D eigenvalue weighted by atomic mass is 10.0. The minimum Gasteiger partial charge on any atom is -0.497 e. The van der Waals surface area contributed by atoms with E-state index in [9.17, 15) is 0 Å². The SMILES string of the molecule is CNCC1CC(c2ccc(OC)cc2)NN1. The first-order valence-electron chi connectivity index (χ1n) is 5.63. The van der Waals surface area contributed by atoms with Crippen LogP contribution in [0, 0.1) is 0 Å². The lowest BCUT2D eigenvalue weighted by molar-refractivity contribution is 0.414. The van der Waals surface area contributed by atoms with E-state index in [1.165, 1.54) is 5.56 Å². The lowest BCUT2D eigenvalue weighted by Gasteiger charge is -2.10. The van der Waals surface area contributed by atoms with E-state index in [4.69, 9.17) is 4.74 Å². The molecule has 2 rings (SSSR count). The maximum absolute atomic E-state index is 5.15. The number of ether oxygens (including phenoxy) is 1. The van der Waals surface area contributed by atoms with Crippen molar-refractivity contribution in [3.63, 3.8) is 0 Å². The van der Waals surface area contributed by atoms with E-state index in [0.29, 0.717) is 12.1 Å². The summed E-state index contributed by atoms with van der Waals surface area (Å²) in [5.74, 6) is 0.904. The highest BCUT2D eigenvalue weighted by Crippen LogP contribution is 2.23. The van der Waals surface area contributed by atoms with Crippen LogP contribution in [0.1, 0.15) is 18.0 Å². The van der Waals surface area contributed by atoms with Gasteiger partial charge in [-0.3, -0.25) is 5.43 Å². The van der Waals surface area contributed by atoms with Gasteiger partial charge in [0.25, 0.3) is 0 Å². The molecule has 0 amide bonds. The predicted octanol–water partition coefficient (Wildman–Crippen LogP) is 0.822. The van der Waals surface area contributed by atoms with Gasteiger partial charge >= 0.3 is 0 Å². The summed E-state index contributed by atoms with van der Waals surface area (Å²) in [6.45, 7) is 0.986. The first-order chi connectivity index (χ1) is 7.83. The quantitative estimate of drug-likeness (QED) is 0.704. The largest absolute Gasteiger partial charge is 0.497 e. The fraction of sp³-hybridized carbons (Fsp3) is 0.500. The van der Waals surface area contributed by atoms with Crippen molar-refractivity contribution in [1.29, 1.82) is 0 Å². The second-order valence-electron chi connectivity index (χ2n) is 4.10. The number of methoxy groups -OCH3 is 1. The zero-order chi connectivity index (χ0) is 11.4. The minimum atomic E-state index is 0.393. The molecule has 1 aromatic carbocycles. The average Bonchev–Trinajstić information content (AvgIpc) is 2.78. The van der Waals surface area contributed by atoms with Crippen LogP contribution in [-0.4, -0.2) is 26.7 Å². The molecule has 4 heteroatoms. The molecule has 4 nitrogen and oxygen atoms in total. The molecule has 2 unspecified atom stereocenters. The predicted molar refractivity (Wildman–Crippen MR) is 64.3 cm³/mol. The van der Waals surface area contributed by atoms with Crippen molar-refractivity contribution in [3.8, 4) is 5.75 Å². The molecule has 1 heterocycles. The molecule has 1 saturated heterocycles. The van der Waals surface area contributed by atoms with Crippen LogP contribution in [0.5, 0.6) is 5.75 Å². The van der Waals surface area contributed by atoms with Crippen LogP contribution < -0.4 is 20.9 Å². The average molecular weight is 221 g/mol. The van der Waals surface area contributed by atoms with Crippen molar-refractivity contribution in [2.45, 2.75) is 18.5 Å². The first kappa shape index (κ1) is 11.4. The van der Waals surface area contributed by atoms with Gasteiger partial charge in [-0.2, -0.15) is 0 Å². The number of nitrogens with one attached hydrogen (secondary N) is 3. The second kappa shape index (κ2) is 5.30. The molecule has 1 aliphatic heterocycles. The third-order valence-electron chi connectivity index (χ3n) is 2.95. The summed E-state index contributed by atoms with van der Waals surface area (Å²) in [4.78, 5) is 0. The van der Waals surface area contributed by atoms with Crippen LogP contribution >= 0.6 is 0 Å². The molecule has 0 aromatic heterocycles. The Kier molecular flexibility index (Phi) is 3.77. The van der Waals surface area contributed by atoms with Gasteiger partial charge < -0.3 is 10.1 Å². The fourth-order valence-electron chi connectivity index (χ4n) is 2.06. The molecule has 0 radical (unpaired) electrons. The van der Waals surface area contributed by atoms with E-state index in [2.05, 4.69) is 28.3 Å². The van der Waals surface area contributed by atoms with Crippen LogP contribution in [-0.2, 0) is 0 Å². The highest BCUT2D eigenvalue weighted by atomic mass is 16.5. The van der Waals surface area contributed by atoms with E-state index in [-0.39, 0.29) is 0 Å². The summed E-state index contributed by atoms with van der Waals surface area (Å²) in [5.41, 5.74) is 7.90. The number of hydrogen-bond acceptors (Lipinski definition) is 4. The molecule has 3 N–H and O–H groups in total. The van der Waals surface area contributed by atoms with Gasteiger partial charge in [-0.25, -0.2) is 5.43 Å². The second-order valence-corrected chi connectivity index (χ2v) is 4.10. The van der Waals surface area contributed by atoms with E-state index in [1.807, 2.05) is 19.2 Å². The van der Waals surface area contributed by atoms with Crippen molar-refractivity contribution in [3.05, 3.63) is 29.8 Å². The van der Waals surface area contributed by atoms with E-state index in [1.54, 1.807) is 7.11 Å². The summed E-state index contributed by atoms with van der Waals surface area (Å²) in [6, 6.07) is 9.12. The molecule has 1 aromatic rings. The Morgan fingerprint density at radius 2 is 2.06 bits per heavy atom. The van der Waals surface area contributed by atoms with Crippen molar-refractivity contribution in [1.82, 2.24) is 16.2 Å². The van der Waals surface area contributed by atoms with Gasteiger partial charge in [0.05, 0.1) is 7.11 Å².